The summed E-state index contributed by atoms with van der Waals surface area (Å²) in [7, 11) is 0. The van der Waals surface area contributed by atoms with Gasteiger partial charge in [-0.2, -0.15) is 0 Å². The topological polar surface area (TPSA) is 21.7 Å². The smallest absolute Gasteiger partial charge is 0.156 e. The Morgan fingerprint density at radius 1 is 0.375 bits per heavy atom. The molecular formula is C37H25NO2. The van der Waals surface area contributed by atoms with Crippen LogP contribution in [0.25, 0.3) is 0 Å². The van der Waals surface area contributed by atoms with Gasteiger partial charge in [-0.1, -0.05) is 103 Å². The zero-order chi connectivity index (χ0) is 26.5. The lowest BCUT2D eigenvalue weighted by Crippen LogP contribution is -2.37. The Kier molecular flexibility index (Phi) is 5.04. The number of ether oxygens (including phenoxy) is 2. The van der Waals surface area contributed by atoms with Crippen molar-refractivity contribution in [1.29, 1.82) is 0 Å². The number of anilines is 3. The molecule has 40 heavy (non-hydrogen) atoms. The van der Waals surface area contributed by atoms with Gasteiger partial charge in [-0.25, -0.2) is 0 Å². The molecule has 6 aromatic carbocycles. The van der Waals surface area contributed by atoms with Crippen LogP contribution < -0.4 is 14.4 Å². The van der Waals surface area contributed by atoms with E-state index in [-0.39, 0.29) is 0 Å². The quantitative estimate of drug-likeness (QED) is 0.234. The summed E-state index contributed by atoms with van der Waals surface area (Å²) in [6.45, 7) is 0. The highest BCUT2D eigenvalue weighted by atomic mass is 16.5. The van der Waals surface area contributed by atoms with E-state index in [1.807, 2.05) is 30.3 Å². The molecule has 8 rings (SSSR count). The highest BCUT2D eigenvalue weighted by molar-refractivity contribution is 5.85. The number of rotatable bonds is 3. The molecule has 0 saturated carbocycles. The fraction of sp³-hybridized carbons (Fsp3) is 0.0270. The van der Waals surface area contributed by atoms with Crippen molar-refractivity contribution in [1.82, 2.24) is 0 Å². The molecule has 0 aromatic heterocycles. The van der Waals surface area contributed by atoms with E-state index in [0.29, 0.717) is 0 Å². The van der Waals surface area contributed by atoms with Crippen LogP contribution in [0.3, 0.4) is 0 Å². The van der Waals surface area contributed by atoms with Gasteiger partial charge < -0.3 is 14.4 Å². The average Bonchev–Trinajstić information content (AvgIpc) is 3.02. The molecule has 2 aliphatic rings. The van der Waals surface area contributed by atoms with Crippen molar-refractivity contribution in [2.75, 3.05) is 4.90 Å². The van der Waals surface area contributed by atoms with Gasteiger partial charge in [0.15, 0.2) is 5.75 Å². The van der Waals surface area contributed by atoms with Gasteiger partial charge in [-0.15, -0.1) is 0 Å². The molecule has 0 unspecified atom stereocenters. The van der Waals surface area contributed by atoms with E-state index in [1.54, 1.807) is 0 Å². The summed E-state index contributed by atoms with van der Waals surface area (Å²) in [4.78, 5) is 2.28. The van der Waals surface area contributed by atoms with Crippen LogP contribution in [0.4, 0.5) is 17.1 Å². The molecule has 0 fully saturated rings. The Balaban J connectivity index is 1.49. The minimum atomic E-state index is -0.620. The summed E-state index contributed by atoms with van der Waals surface area (Å²) < 4.78 is 13.4. The summed E-state index contributed by atoms with van der Waals surface area (Å²) >= 11 is 0. The standard InChI is InChI=1S/C37H25NO2/c1-3-14-26(15-4-1)38(27-16-5-2-6-17-27)32-22-13-21-31-36(32)40-35-25-12-9-20-30(35)37(31)28-18-7-10-23-33(28)39-34-24-11-8-19-29(34)37/h1-25H. The zero-order valence-corrected chi connectivity index (χ0v) is 21.7. The van der Waals surface area contributed by atoms with E-state index < -0.39 is 5.41 Å². The van der Waals surface area contributed by atoms with Crippen LogP contribution >= 0.6 is 0 Å². The highest BCUT2D eigenvalue weighted by Crippen LogP contribution is 2.63. The van der Waals surface area contributed by atoms with Crippen LogP contribution in [0, 0.1) is 0 Å². The summed E-state index contributed by atoms with van der Waals surface area (Å²) in [5, 5.41) is 0. The zero-order valence-electron chi connectivity index (χ0n) is 21.7. The lowest BCUT2D eigenvalue weighted by Gasteiger charge is -2.45. The van der Waals surface area contributed by atoms with Crippen molar-refractivity contribution < 1.29 is 9.47 Å². The van der Waals surface area contributed by atoms with Crippen LogP contribution in [-0.2, 0) is 5.41 Å². The first-order valence-electron chi connectivity index (χ1n) is 13.5. The summed E-state index contributed by atoms with van der Waals surface area (Å²) in [6.07, 6.45) is 0. The van der Waals surface area contributed by atoms with Gasteiger partial charge in [0.2, 0.25) is 0 Å². The molecule has 190 valence electrons. The third-order valence-corrected chi connectivity index (χ3v) is 7.97. The molecule has 0 amide bonds. The molecule has 1 spiro atoms. The van der Waals surface area contributed by atoms with E-state index in [4.69, 9.17) is 9.47 Å². The monoisotopic (exact) mass is 515 g/mol. The van der Waals surface area contributed by atoms with Crippen LogP contribution in [-0.4, -0.2) is 0 Å². The lowest BCUT2D eigenvalue weighted by molar-refractivity contribution is 0.400. The first-order chi connectivity index (χ1) is 19.9. The number of benzene rings is 6. The van der Waals surface area contributed by atoms with Crippen molar-refractivity contribution >= 4 is 17.1 Å². The first kappa shape index (κ1) is 22.7. The van der Waals surface area contributed by atoms with E-state index in [1.165, 1.54) is 0 Å². The maximum atomic E-state index is 6.91. The Bertz CT molecular complexity index is 1760. The third kappa shape index (κ3) is 3.18. The number of nitrogens with zero attached hydrogens (tertiary/aromatic N) is 1. The van der Waals surface area contributed by atoms with Gasteiger partial charge in [-0.05, 0) is 48.5 Å². The minimum absolute atomic E-state index is 0.620. The van der Waals surface area contributed by atoms with Crippen molar-refractivity contribution in [3.05, 3.63) is 174 Å². The number of hydrogen-bond acceptors (Lipinski definition) is 3. The summed E-state index contributed by atoms with van der Waals surface area (Å²) in [6, 6.07) is 52.6. The molecule has 2 heterocycles. The molecule has 0 aliphatic carbocycles. The van der Waals surface area contributed by atoms with Crippen LogP contribution in [0.15, 0.2) is 152 Å². The molecule has 0 radical (unpaired) electrons. The second-order valence-corrected chi connectivity index (χ2v) is 10.1. The SMILES string of the molecule is c1ccc(N(c2ccccc2)c2cccc3c2Oc2ccccc2C32c3ccccc3Oc3ccccc32)cc1. The molecule has 3 heteroatoms. The predicted molar refractivity (Wildman–Crippen MR) is 160 cm³/mol. The van der Waals surface area contributed by atoms with Crippen LogP contribution in [0.1, 0.15) is 22.3 Å². The Morgan fingerprint density at radius 3 is 1.32 bits per heavy atom. The fourth-order valence-electron chi connectivity index (χ4n) is 6.38. The Morgan fingerprint density at radius 2 is 0.800 bits per heavy atom. The van der Waals surface area contributed by atoms with E-state index >= 15 is 0 Å². The largest absolute Gasteiger partial charge is 0.457 e. The highest BCUT2D eigenvalue weighted by Gasteiger charge is 2.51. The average molecular weight is 516 g/mol. The molecule has 3 nitrogen and oxygen atoms in total. The Labute approximate surface area is 233 Å². The third-order valence-electron chi connectivity index (χ3n) is 7.97. The minimum Gasteiger partial charge on any atom is -0.457 e. The van der Waals surface area contributed by atoms with Gasteiger partial charge in [0.25, 0.3) is 0 Å². The normalized spacial score (nSPS) is 13.6. The van der Waals surface area contributed by atoms with Crippen molar-refractivity contribution in [3.8, 4) is 23.0 Å². The predicted octanol–water partition coefficient (Wildman–Crippen LogP) is 9.75. The maximum absolute atomic E-state index is 6.91. The van der Waals surface area contributed by atoms with Crippen molar-refractivity contribution in [3.63, 3.8) is 0 Å². The maximum Gasteiger partial charge on any atom is 0.156 e. The molecule has 6 aromatic rings. The summed E-state index contributed by atoms with van der Waals surface area (Å²) in [5.74, 6) is 3.39. The van der Waals surface area contributed by atoms with Gasteiger partial charge in [-0.3, -0.25) is 0 Å². The van der Waals surface area contributed by atoms with Crippen molar-refractivity contribution in [2.24, 2.45) is 0 Å². The van der Waals surface area contributed by atoms with Crippen molar-refractivity contribution in [2.45, 2.75) is 5.41 Å². The lowest BCUT2D eigenvalue weighted by atomic mass is 9.62. The van der Waals surface area contributed by atoms with Gasteiger partial charge >= 0.3 is 0 Å². The molecule has 2 aliphatic heterocycles. The molecule has 0 atom stereocenters. The second kappa shape index (κ2) is 8.89. The molecule has 0 saturated heterocycles. The van der Waals surface area contributed by atoms with Gasteiger partial charge in [0.1, 0.15) is 17.2 Å². The van der Waals surface area contributed by atoms with E-state index in [0.717, 1.165) is 62.3 Å². The van der Waals surface area contributed by atoms with Gasteiger partial charge in [0, 0.05) is 33.6 Å². The van der Waals surface area contributed by atoms with Gasteiger partial charge in [0.05, 0.1) is 11.1 Å². The van der Waals surface area contributed by atoms with Crippen LogP contribution in [0.5, 0.6) is 23.0 Å². The van der Waals surface area contributed by atoms with E-state index in [2.05, 4.69) is 126 Å². The van der Waals surface area contributed by atoms with Crippen LogP contribution in [0.2, 0.25) is 0 Å². The number of para-hydroxylation sites is 6. The van der Waals surface area contributed by atoms with E-state index in [9.17, 15) is 0 Å². The molecule has 0 N–H and O–H groups in total. The molecular weight excluding hydrogens is 490 g/mol. The molecule has 0 bridgehead atoms. The number of fused-ring (bicyclic) bond motifs is 8. The number of hydrogen-bond donors (Lipinski definition) is 0. The first-order valence-corrected chi connectivity index (χ1v) is 13.5. The fourth-order valence-corrected chi connectivity index (χ4v) is 6.38. The Hall–Kier alpha value is -5.28. The second-order valence-electron chi connectivity index (χ2n) is 10.1. The summed E-state index contributed by atoms with van der Waals surface area (Å²) in [5.41, 5.74) is 6.88.